The molecule has 1 amide bonds. The van der Waals surface area contributed by atoms with Crippen LogP contribution in [0.15, 0.2) is 24.3 Å². The number of esters is 1. The van der Waals surface area contributed by atoms with E-state index in [0.29, 0.717) is 12.1 Å². The zero-order valence-corrected chi connectivity index (χ0v) is 10.8. The van der Waals surface area contributed by atoms with E-state index in [0.717, 1.165) is 5.56 Å². The second kappa shape index (κ2) is 8.23. The SMILES string of the molecule is COCC(=O)OCCNC(=O)c1cccc(CN)c1. The van der Waals surface area contributed by atoms with Crippen LogP contribution in [0.5, 0.6) is 0 Å². The zero-order valence-electron chi connectivity index (χ0n) is 10.8. The molecule has 0 unspecified atom stereocenters. The number of benzene rings is 1. The van der Waals surface area contributed by atoms with Gasteiger partial charge in [-0.2, -0.15) is 0 Å². The maximum atomic E-state index is 11.8. The van der Waals surface area contributed by atoms with Crippen LogP contribution in [0.3, 0.4) is 0 Å². The first-order valence-electron chi connectivity index (χ1n) is 5.89. The van der Waals surface area contributed by atoms with E-state index < -0.39 is 5.97 Å². The number of hydrogen-bond acceptors (Lipinski definition) is 5. The number of amides is 1. The Kier molecular flexibility index (Phi) is 6.56. The summed E-state index contributed by atoms with van der Waals surface area (Å²) in [5.74, 6) is -0.681. The molecular formula is C13H18N2O4. The van der Waals surface area contributed by atoms with Gasteiger partial charge in [-0.05, 0) is 17.7 Å². The van der Waals surface area contributed by atoms with Crippen LogP contribution >= 0.6 is 0 Å². The number of ether oxygens (including phenoxy) is 2. The van der Waals surface area contributed by atoms with E-state index >= 15 is 0 Å². The van der Waals surface area contributed by atoms with Crippen molar-refractivity contribution in [1.82, 2.24) is 5.32 Å². The van der Waals surface area contributed by atoms with E-state index in [9.17, 15) is 9.59 Å². The minimum atomic E-state index is -0.457. The molecule has 0 atom stereocenters. The molecule has 0 spiro atoms. The number of carbonyl (C=O) groups excluding carboxylic acids is 2. The number of nitrogens with two attached hydrogens (primary N) is 1. The smallest absolute Gasteiger partial charge is 0.332 e. The molecule has 6 heteroatoms. The standard InChI is InChI=1S/C13H18N2O4/c1-18-9-12(16)19-6-5-15-13(17)11-4-2-3-10(7-11)8-14/h2-4,7H,5-6,8-9,14H2,1H3,(H,15,17). The quantitative estimate of drug-likeness (QED) is 0.538. The number of nitrogens with one attached hydrogen (secondary N) is 1. The number of hydrogen-bond donors (Lipinski definition) is 2. The van der Waals surface area contributed by atoms with Gasteiger partial charge in [0.1, 0.15) is 13.2 Å². The topological polar surface area (TPSA) is 90.6 Å². The van der Waals surface area contributed by atoms with Gasteiger partial charge >= 0.3 is 5.97 Å². The van der Waals surface area contributed by atoms with Crippen molar-refractivity contribution >= 4 is 11.9 Å². The molecule has 0 aromatic heterocycles. The number of rotatable bonds is 7. The zero-order chi connectivity index (χ0) is 14.1. The molecule has 0 aliphatic carbocycles. The van der Waals surface area contributed by atoms with Crippen LogP contribution in [0.2, 0.25) is 0 Å². The number of methoxy groups -OCH3 is 1. The normalized spacial score (nSPS) is 10.0. The highest BCUT2D eigenvalue weighted by Crippen LogP contribution is 2.04. The van der Waals surface area contributed by atoms with E-state index in [1.165, 1.54) is 7.11 Å². The van der Waals surface area contributed by atoms with Gasteiger partial charge in [-0.3, -0.25) is 4.79 Å². The largest absolute Gasteiger partial charge is 0.462 e. The fraction of sp³-hybridized carbons (Fsp3) is 0.385. The van der Waals surface area contributed by atoms with Crippen LogP contribution in [0.25, 0.3) is 0 Å². The molecule has 0 aliphatic rings. The van der Waals surface area contributed by atoms with Gasteiger partial charge in [-0.1, -0.05) is 12.1 Å². The Labute approximate surface area is 111 Å². The van der Waals surface area contributed by atoms with E-state index in [1.54, 1.807) is 18.2 Å². The van der Waals surface area contributed by atoms with E-state index in [4.69, 9.17) is 10.5 Å². The van der Waals surface area contributed by atoms with Crippen molar-refractivity contribution in [2.75, 3.05) is 26.9 Å². The lowest BCUT2D eigenvalue weighted by Crippen LogP contribution is -2.28. The molecular weight excluding hydrogens is 248 g/mol. The third-order valence-corrected chi connectivity index (χ3v) is 2.34. The van der Waals surface area contributed by atoms with Crippen LogP contribution in [-0.2, 0) is 20.8 Å². The predicted molar refractivity (Wildman–Crippen MR) is 69.5 cm³/mol. The van der Waals surface area contributed by atoms with Crippen molar-refractivity contribution in [3.05, 3.63) is 35.4 Å². The van der Waals surface area contributed by atoms with E-state index in [-0.39, 0.29) is 25.7 Å². The minimum Gasteiger partial charge on any atom is -0.462 e. The maximum Gasteiger partial charge on any atom is 0.332 e. The van der Waals surface area contributed by atoms with Crippen LogP contribution < -0.4 is 11.1 Å². The van der Waals surface area contributed by atoms with Crippen LogP contribution in [0.4, 0.5) is 0 Å². The van der Waals surface area contributed by atoms with Gasteiger partial charge in [0.15, 0.2) is 0 Å². The molecule has 0 radical (unpaired) electrons. The minimum absolute atomic E-state index is 0.0908. The van der Waals surface area contributed by atoms with Gasteiger partial charge in [0, 0.05) is 19.2 Å². The summed E-state index contributed by atoms with van der Waals surface area (Å²) < 4.78 is 9.42. The van der Waals surface area contributed by atoms with Crippen molar-refractivity contribution < 1.29 is 19.1 Å². The first-order chi connectivity index (χ1) is 9.17. The Morgan fingerprint density at radius 2 is 2.16 bits per heavy atom. The maximum absolute atomic E-state index is 11.8. The molecule has 1 rings (SSSR count). The lowest BCUT2D eigenvalue weighted by Gasteiger charge is -2.07. The molecule has 6 nitrogen and oxygen atoms in total. The lowest BCUT2D eigenvalue weighted by molar-refractivity contribution is -0.147. The third kappa shape index (κ3) is 5.50. The summed E-state index contributed by atoms with van der Waals surface area (Å²) in [6.45, 7) is 0.661. The summed E-state index contributed by atoms with van der Waals surface area (Å²) >= 11 is 0. The highest BCUT2D eigenvalue weighted by molar-refractivity contribution is 5.94. The first-order valence-corrected chi connectivity index (χ1v) is 5.89. The Morgan fingerprint density at radius 1 is 1.37 bits per heavy atom. The molecule has 0 fully saturated rings. The summed E-state index contributed by atoms with van der Waals surface area (Å²) in [5, 5.41) is 2.65. The fourth-order valence-corrected chi connectivity index (χ4v) is 1.43. The van der Waals surface area contributed by atoms with Crippen molar-refractivity contribution in [1.29, 1.82) is 0 Å². The molecule has 0 bridgehead atoms. The van der Waals surface area contributed by atoms with Crippen LogP contribution in [0, 0.1) is 0 Å². The predicted octanol–water partition coefficient (Wildman–Crippen LogP) is 0.0647. The van der Waals surface area contributed by atoms with Crippen molar-refractivity contribution in [2.45, 2.75) is 6.54 Å². The molecule has 0 saturated carbocycles. The molecule has 1 aromatic carbocycles. The summed E-state index contributed by atoms with van der Waals surface area (Å²) in [4.78, 5) is 22.7. The number of carbonyl (C=O) groups is 2. The van der Waals surface area contributed by atoms with Gasteiger partial charge in [-0.25, -0.2) is 4.79 Å². The molecule has 0 heterocycles. The van der Waals surface area contributed by atoms with Crippen molar-refractivity contribution in [3.63, 3.8) is 0 Å². The van der Waals surface area contributed by atoms with E-state index in [2.05, 4.69) is 10.1 Å². The summed E-state index contributed by atoms with van der Waals surface area (Å²) in [5.41, 5.74) is 6.92. The third-order valence-electron chi connectivity index (χ3n) is 2.34. The Morgan fingerprint density at radius 3 is 2.84 bits per heavy atom. The molecule has 0 aliphatic heterocycles. The van der Waals surface area contributed by atoms with Crippen molar-refractivity contribution in [3.8, 4) is 0 Å². The molecule has 104 valence electrons. The van der Waals surface area contributed by atoms with Gasteiger partial charge in [0.25, 0.3) is 5.91 Å². The fourth-order valence-electron chi connectivity index (χ4n) is 1.43. The van der Waals surface area contributed by atoms with Crippen LogP contribution in [-0.4, -0.2) is 38.7 Å². The molecule has 1 aromatic rings. The second-order valence-corrected chi connectivity index (χ2v) is 3.81. The molecule has 3 N–H and O–H groups in total. The van der Waals surface area contributed by atoms with Gasteiger partial charge in [0.05, 0.1) is 6.54 Å². The molecule has 0 saturated heterocycles. The second-order valence-electron chi connectivity index (χ2n) is 3.81. The van der Waals surface area contributed by atoms with Crippen LogP contribution in [0.1, 0.15) is 15.9 Å². The van der Waals surface area contributed by atoms with E-state index in [1.807, 2.05) is 6.07 Å². The first kappa shape index (κ1) is 15.1. The summed E-state index contributed by atoms with van der Waals surface area (Å²) in [6.07, 6.45) is 0. The Balaban J connectivity index is 2.33. The average Bonchev–Trinajstić information content (AvgIpc) is 2.43. The van der Waals surface area contributed by atoms with Gasteiger partial charge < -0.3 is 20.5 Å². The summed E-state index contributed by atoms with van der Waals surface area (Å²) in [7, 11) is 1.41. The Bertz CT molecular complexity index is 434. The Hall–Kier alpha value is -1.92. The summed E-state index contributed by atoms with van der Waals surface area (Å²) in [6, 6.07) is 7.05. The highest BCUT2D eigenvalue weighted by atomic mass is 16.6. The van der Waals surface area contributed by atoms with Crippen molar-refractivity contribution in [2.24, 2.45) is 5.73 Å². The van der Waals surface area contributed by atoms with Gasteiger partial charge in [-0.15, -0.1) is 0 Å². The average molecular weight is 266 g/mol. The highest BCUT2D eigenvalue weighted by Gasteiger charge is 2.06. The van der Waals surface area contributed by atoms with Gasteiger partial charge in [0.2, 0.25) is 0 Å². The monoisotopic (exact) mass is 266 g/mol. The lowest BCUT2D eigenvalue weighted by atomic mass is 10.1. The molecule has 19 heavy (non-hydrogen) atoms.